The zero-order valence-corrected chi connectivity index (χ0v) is 9.84. The molecule has 2 aromatic rings. The number of pyridine rings is 1. The van der Waals surface area contributed by atoms with Crippen molar-refractivity contribution in [2.45, 2.75) is 6.92 Å². The van der Waals surface area contributed by atoms with E-state index in [1.165, 1.54) is 6.20 Å². The van der Waals surface area contributed by atoms with Crippen LogP contribution in [0.15, 0.2) is 42.6 Å². The first-order chi connectivity index (χ1) is 8.69. The maximum Gasteiger partial charge on any atom is 0.256 e. The maximum atomic E-state index is 11.9. The number of carbonyl (C=O) groups is 1. The Morgan fingerprint density at radius 3 is 2.50 bits per heavy atom. The molecule has 1 aromatic carbocycles. The van der Waals surface area contributed by atoms with Gasteiger partial charge in [-0.1, -0.05) is 17.7 Å². The van der Waals surface area contributed by atoms with Gasteiger partial charge in [-0.2, -0.15) is 5.26 Å². The van der Waals surface area contributed by atoms with Crippen molar-refractivity contribution in [2.75, 3.05) is 5.32 Å². The van der Waals surface area contributed by atoms with Crippen molar-refractivity contribution < 1.29 is 4.79 Å². The van der Waals surface area contributed by atoms with Crippen molar-refractivity contribution in [3.63, 3.8) is 0 Å². The predicted molar refractivity (Wildman–Crippen MR) is 68.1 cm³/mol. The molecule has 0 aliphatic rings. The first kappa shape index (κ1) is 11.8. The molecule has 18 heavy (non-hydrogen) atoms. The molecular weight excluding hydrogens is 226 g/mol. The lowest BCUT2D eigenvalue weighted by molar-refractivity contribution is 0.102. The van der Waals surface area contributed by atoms with Gasteiger partial charge in [-0.3, -0.25) is 4.79 Å². The van der Waals surface area contributed by atoms with Gasteiger partial charge in [0.1, 0.15) is 11.9 Å². The molecule has 0 fully saturated rings. The molecular formula is C14H11N3O. The molecule has 0 aliphatic heterocycles. The van der Waals surface area contributed by atoms with Crippen LogP contribution < -0.4 is 5.32 Å². The highest BCUT2D eigenvalue weighted by Gasteiger charge is 2.06. The monoisotopic (exact) mass is 237 g/mol. The summed E-state index contributed by atoms with van der Waals surface area (Å²) in [7, 11) is 0. The largest absolute Gasteiger partial charge is 0.307 e. The minimum Gasteiger partial charge on any atom is -0.307 e. The highest BCUT2D eigenvalue weighted by atomic mass is 16.1. The Morgan fingerprint density at radius 1 is 1.22 bits per heavy atom. The van der Waals surface area contributed by atoms with E-state index in [1.54, 1.807) is 24.3 Å². The summed E-state index contributed by atoms with van der Waals surface area (Å²) in [6, 6.07) is 12.4. The summed E-state index contributed by atoms with van der Waals surface area (Å²) in [5.74, 6) is 0.215. The Hall–Kier alpha value is -2.67. The standard InChI is InChI=1S/C14H11N3O/c1-10-2-5-12(6-3-10)14(18)17-13-7-4-11(8-15)9-16-13/h2-7,9H,1H3,(H,16,17,18). The molecule has 4 heteroatoms. The molecule has 88 valence electrons. The van der Waals surface area contributed by atoms with E-state index in [-0.39, 0.29) is 5.91 Å². The summed E-state index contributed by atoms with van der Waals surface area (Å²) in [5.41, 5.74) is 2.14. The second-order valence-corrected chi connectivity index (χ2v) is 3.86. The number of hydrogen-bond acceptors (Lipinski definition) is 3. The van der Waals surface area contributed by atoms with E-state index in [0.29, 0.717) is 16.9 Å². The van der Waals surface area contributed by atoms with Gasteiger partial charge in [-0.15, -0.1) is 0 Å². The number of amides is 1. The summed E-state index contributed by atoms with van der Waals surface area (Å²) in [4.78, 5) is 15.8. The van der Waals surface area contributed by atoms with E-state index in [4.69, 9.17) is 5.26 Å². The van der Waals surface area contributed by atoms with Crippen LogP contribution in [0.1, 0.15) is 21.5 Å². The Kier molecular flexibility index (Phi) is 3.35. The normalized spacial score (nSPS) is 9.56. The maximum absolute atomic E-state index is 11.9. The molecule has 1 N–H and O–H groups in total. The average Bonchev–Trinajstić information content (AvgIpc) is 2.40. The van der Waals surface area contributed by atoms with E-state index in [9.17, 15) is 4.79 Å². The van der Waals surface area contributed by atoms with Gasteiger partial charge in [0.05, 0.1) is 5.56 Å². The summed E-state index contributed by atoms with van der Waals surface area (Å²) in [5, 5.41) is 11.3. The second kappa shape index (κ2) is 5.11. The van der Waals surface area contributed by atoms with Gasteiger partial charge in [0, 0.05) is 11.8 Å². The molecule has 1 heterocycles. The Morgan fingerprint density at radius 2 is 1.94 bits per heavy atom. The molecule has 0 radical (unpaired) electrons. The van der Waals surface area contributed by atoms with Crippen LogP contribution in [-0.4, -0.2) is 10.9 Å². The first-order valence-electron chi connectivity index (χ1n) is 5.43. The van der Waals surface area contributed by atoms with Crippen LogP contribution in [0.3, 0.4) is 0 Å². The fourth-order valence-corrected chi connectivity index (χ4v) is 1.43. The van der Waals surface area contributed by atoms with Crippen LogP contribution in [0.25, 0.3) is 0 Å². The fraction of sp³-hybridized carbons (Fsp3) is 0.0714. The van der Waals surface area contributed by atoms with Gasteiger partial charge in [0.25, 0.3) is 5.91 Å². The lowest BCUT2D eigenvalue weighted by Gasteiger charge is -2.04. The number of hydrogen-bond donors (Lipinski definition) is 1. The zero-order chi connectivity index (χ0) is 13.0. The summed E-state index contributed by atoms with van der Waals surface area (Å²) >= 11 is 0. The van der Waals surface area contributed by atoms with Crippen molar-refractivity contribution >= 4 is 11.7 Å². The number of nitrogens with zero attached hydrogens (tertiary/aromatic N) is 2. The molecule has 0 aliphatic carbocycles. The molecule has 0 saturated heterocycles. The lowest BCUT2D eigenvalue weighted by atomic mass is 10.1. The van der Waals surface area contributed by atoms with Gasteiger partial charge >= 0.3 is 0 Å². The van der Waals surface area contributed by atoms with Crippen molar-refractivity contribution in [3.05, 3.63) is 59.3 Å². The SMILES string of the molecule is Cc1ccc(C(=O)Nc2ccc(C#N)cn2)cc1. The smallest absolute Gasteiger partial charge is 0.256 e. The third-order valence-electron chi connectivity index (χ3n) is 2.45. The summed E-state index contributed by atoms with van der Waals surface area (Å²) in [6.45, 7) is 1.96. The molecule has 2 rings (SSSR count). The Balaban J connectivity index is 2.11. The number of nitriles is 1. The fourth-order valence-electron chi connectivity index (χ4n) is 1.43. The van der Waals surface area contributed by atoms with Crippen molar-refractivity contribution in [3.8, 4) is 6.07 Å². The van der Waals surface area contributed by atoms with Crippen molar-refractivity contribution in [1.29, 1.82) is 5.26 Å². The molecule has 0 bridgehead atoms. The molecule has 0 unspecified atom stereocenters. The van der Waals surface area contributed by atoms with Crippen LogP contribution in [0.4, 0.5) is 5.82 Å². The van der Waals surface area contributed by atoms with E-state index < -0.39 is 0 Å². The molecule has 1 amide bonds. The highest BCUT2D eigenvalue weighted by molar-refractivity contribution is 6.03. The van der Waals surface area contributed by atoms with Crippen LogP contribution in [0, 0.1) is 18.3 Å². The second-order valence-electron chi connectivity index (χ2n) is 3.86. The average molecular weight is 237 g/mol. The third kappa shape index (κ3) is 2.71. The Labute approximate surface area is 105 Å². The van der Waals surface area contributed by atoms with Crippen molar-refractivity contribution in [2.24, 2.45) is 0 Å². The van der Waals surface area contributed by atoms with E-state index in [2.05, 4.69) is 10.3 Å². The number of rotatable bonds is 2. The lowest BCUT2D eigenvalue weighted by Crippen LogP contribution is -2.12. The summed E-state index contributed by atoms with van der Waals surface area (Å²) < 4.78 is 0. The van der Waals surface area contributed by atoms with Crippen LogP contribution in [0.5, 0.6) is 0 Å². The van der Waals surface area contributed by atoms with Gasteiger partial charge in [-0.05, 0) is 31.2 Å². The molecule has 0 saturated carbocycles. The number of anilines is 1. The molecule has 0 atom stereocenters. The van der Waals surface area contributed by atoms with Crippen LogP contribution in [0.2, 0.25) is 0 Å². The van der Waals surface area contributed by atoms with E-state index in [0.717, 1.165) is 5.56 Å². The number of aryl methyl sites for hydroxylation is 1. The van der Waals surface area contributed by atoms with Gasteiger partial charge in [-0.25, -0.2) is 4.98 Å². The number of aromatic nitrogens is 1. The predicted octanol–water partition coefficient (Wildman–Crippen LogP) is 2.51. The number of benzene rings is 1. The third-order valence-corrected chi connectivity index (χ3v) is 2.45. The highest BCUT2D eigenvalue weighted by Crippen LogP contribution is 2.08. The molecule has 1 aromatic heterocycles. The molecule has 0 spiro atoms. The zero-order valence-electron chi connectivity index (χ0n) is 9.84. The summed E-state index contributed by atoms with van der Waals surface area (Å²) in [6.07, 6.45) is 1.42. The minimum absolute atomic E-state index is 0.216. The van der Waals surface area contributed by atoms with Gasteiger partial charge in [0.15, 0.2) is 0 Å². The minimum atomic E-state index is -0.216. The first-order valence-corrected chi connectivity index (χ1v) is 5.43. The van der Waals surface area contributed by atoms with Gasteiger partial charge in [0.2, 0.25) is 0 Å². The topological polar surface area (TPSA) is 65.8 Å². The van der Waals surface area contributed by atoms with Crippen LogP contribution >= 0.6 is 0 Å². The molecule has 4 nitrogen and oxygen atoms in total. The van der Waals surface area contributed by atoms with Gasteiger partial charge < -0.3 is 5.32 Å². The van der Waals surface area contributed by atoms with E-state index >= 15 is 0 Å². The van der Waals surface area contributed by atoms with Crippen molar-refractivity contribution in [1.82, 2.24) is 4.98 Å². The quantitative estimate of drug-likeness (QED) is 0.872. The van der Waals surface area contributed by atoms with E-state index in [1.807, 2.05) is 25.1 Å². The number of carbonyl (C=O) groups excluding carboxylic acids is 1. The van der Waals surface area contributed by atoms with Crippen LogP contribution in [-0.2, 0) is 0 Å². The Bertz CT molecular complexity index is 594. The number of nitrogens with one attached hydrogen (secondary N) is 1.